The number of halogens is 1. The quantitative estimate of drug-likeness (QED) is 0.272. The summed E-state index contributed by atoms with van der Waals surface area (Å²) in [6, 6.07) is 5.39. The van der Waals surface area contributed by atoms with Gasteiger partial charge in [-0.15, -0.1) is 24.0 Å². The molecule has 0 aromatic heterocycles. The summed E-state index contributed by atoms with van der Waals surface area (Å²) in [4.78, 5) is 16.4. The Balaban J connectivity index is 0.00000338. The van der Waals surface area contributed by atoms with Crippen molar-refractivity contribution in [1.82, 2.24) is 10.6 Å². The van der Waals surface area contributed by atoms with Crippen LogP contribution < -0.4 is 15.4 Å². The highest BCUT2D eigenvalue weighted by molar-refractivity contribution is 14.0. The Kier molecular flexibility index (Phi) is 10.3. The lowest BCUT2D eigenvalue weighted by molar-refractivity contribution is 0.0597. The molecule has 1 heterocycles. The molecule has 7 nitrogen and oxygen atoms in total. The van der Waals surface area contributed by atoms with Crippen LogP contribution in [-0.2, 0) is 16.0 Å². The molecular formula is C18H28IN3O4. The summed E-state index contributed by atoms with van der Waals surface area (Å²) in [6.45, 7) is 4.80. The largest absolute Gasteiger partial charge is 0.496 e. The van der Waals surface area contributed by atoms with E-state index in [-0.39, 0.29) is 30.1 Å². The van der Waals surface area contributed by atoms with E-state index >= 15 is 0 Å². The topological polar surface area (TPSA) is 81.2 Å². The molecule has 0 aliphatic carbocycles. The lowest BCUT2D eigenvalue weighted by Gasteiger charge is -2.15. The van der Waals surface area contributed by atoms with E-state index in [1.165, 1.54) is 14.2 Å². The van der Waals surface area contributed by atoms with Gasteiger partial charge in [-0.05, 0) is 37.5 Å². The van der Waals surface area contributed by atoms with Gasteiger partial charge in [0.25, 0.3) is 0 Å². The molecule has 0 saturated carbocycles. The third-order valence-electron chi connectivity index (χ3n) is 3.95. The van der Waals surface area contributed by atoms with E-state index in [4.69, 9.17) is 14.2 Å². The van der Waals surface area contributed by atoms with Crippen LogP contribution in [0.2, 0.25) is 0 Å². The molecule has 1 fully saturated rings. The van der Waals surface area contributed by atoms with E-state index in [9.17, 15) is 4.79 Å². The van der Waals surface area contributed by atoms with Gasteiger partial charge in [0.05, 0.1) is 26.9 Å². The molecule has 0 amide bonds. The van der Waals surface area contributed by atoms with Crippen LogP contribution in [-0.4, -0.2) is 51.9 Å². The number of esters is 1. The Labute approximate surface area is 171 Å². The van der Waals surface area contributed by atoms with Crippen molar-refractivity contribution in [2.75, 3.05) is 33.9 Å². The molecule has 1 unspecified atom stereocenters. The molecule has 26 heavy (non-hydrogen) atoms. The molecule has 146 valence electrons. The van der Waals surface area contributed by atoms with Gasteiger partial charge in [-0.1, -0.05) is 6.07 Å². The maximum absolute atomic E-state index is 11.9. The molecule has 0 spiro atoms. The molecule has 0 bridgehead atoms. The summed E-state index contributed by atoms with van der Waals surface area (Å²) in [5, 5.41) is 6.52. The second-order valence-electron chi connectivity index (χ2n) is 5.74. The average molecular weight is 477 g/mol. The number of aliphatic imine (C=N–C) groups is 1. The lowest BCUT2D eigenvalue weighted by atomic mass is 10.1. The van der Waals surface area contributed by atoms with Crippen LogP contribution in [0.1, 0.15) is 35.7 Å². The number of carbonyl (C=O) groups excluding carboxylic acids is 1. The zero-order chi connectivity index (χ0) is 18.1. The number of carbonyl (C=O) groups is 1. The van der Waals surface area contributed by atoms with Crippen molar-refractivity contribution in [1.29, 1.82) is 0 Å². The van der Waals surface area contributed by atoms with E-state index in [0.29, 0.717) is 17.9 Å². The maximum atomic E-state index is 11.9. The van der Waals surface area contributed by atoms with Crippen molar-refractivity contribution in [3.8, 4) is 5.75 Å². The van der Waals surface area contributed by atoms with Crippen molar-refractivity contribution in [3.63, 3.8) is 0 Å². The number of nitrogens with one attached hydrogen (secondary N) is 2. The van der Waals surface area contributed by atoms with Crippen LogP contribution in [0.5, 0.6) is 5.75 Å². The van der Waals surface area contributed by atoms with Gasteiger partial charge in [0, 0.05) is 19.7 Å². The van der Waals surface area contributed by atoms with Crippen LogP contribution in [0.4, 0.5) is 0 Å². The molecule has 1 aromatic carbocycles. The SMILES string of the molecule is CCNC(=NCc1ccc(OC)c(C(=O)OC)c1)NCC1CCCO1.I. The average Bonchev–Trinajstić information content (AvgIpc) is 3.16. The number of methoxy groups -OCH3 is 2. The second-order valence-corrected chi connectivity index (χ2v) is 5.74. The molecule has 2 rings (SSSR count). The van der Waals surface area contributed by atoms with Crippen LogP contribution in [0.25, 0.3) is 0 Å². The number of hydrogen-bond donors (Lipinski definition) is 2. The lowest BCUT2D eigenvalue weighted by Crippen LogP contribution is -2.41. The van der Waals surface area contributed by atoms with Crippen LogP contribution in [0, 0.1) is 0 Å². The van der Waals surface area contributed by atoms with Crippen molar-refractivity contribution in [2.24, 2.45) is 4.99 Å². The Bertz CT molecular complexity index is 604. The molecule has 1 aromatic rings. The first-order valence-corrected chi connectivity index (χ1v) is 8.57. The number of rotatable bonds is 7. The molecule has 8 heteroatoms. The van der Waals surface area contributed by atoms with Gasteiger partial charge in [-0.2, -0.15) is 0 Å². The van der Waals surface area contributed by atoms with E-state index < -0.39 is 5.97 Å². The first-order valence-electron chi connectivity index (χ1n) is 8.57. The fourth-order valence-electron chi connectivity index (χ4n) is 2.65. The van der Waals surface area contributed by atoms with Gasteiger partial charge in [-0.25, -0.2) is 9.79 Å². The molecule has 1 aliphatic heterocycles. The van der Waals surface area contributed by atoms with Gasteiger partial charge in [0.15, 0.2) is 5.96 Å². The standard InChI is InChI=1S/C18H27N3O4.HI/c1-4-19-18(21-12-14-6-5-9-25-14)20-11-13-7-8-16(23-2)15(10-13)17(22)24-3;/h7-8,10,14H,4-6,9,11-12H2,1-3H3,(H2,19,20,21);1H. The minimum atomic E-state index is -0.425. The third-order valence-corrected chi connectivity index (χ3v) is 3.95. The summed E-state index contributed by atoms with van der Waals surface area (Å²) in [7, 11) is 2.88. The Morgan fingerprint density at radius 2 is 2.15 bits per heavy atom. The number of benzene rings is 1. The minimum Gasteiger partial charge on any atom is -0.496 e. The van der Waals surface area contributed by atoms with E-state index in [1.54, 1.807) is 12.1 Å². The van der Waals surface area contributed by atoms with Gasteiger partial charge in [-0.3, -0.25) is 0 Å². The van der Waals surface area contributed by atoms with Crippen molar-refractivity contribution < 1.29 is 19.0 Å². The number of nitrogens with zero attached hydrogens (tertiary/aromatic N) is 1. The fraction of sp³-hybridized carbons (Fsp3) is 0.556. The summed E-state index contributed by atoms with van der Waals surface area (Å²) >= 11 is 0. The van der Waals surface area contributed by atoms with Crippen LogP contribution >= 0.6 is 24.0 Å². The summed E-state index contributed by atoms with van der Waals surface area (Å²) in [6.07, 6.45) is 2.44. The number of guanidine groups is 1. The zero-order valence-electron chi connectivity index (χ0n) is 15.5. The number of ether oxygens (including phenoxy) is 3. The van der Waals surface area contributed by atoms with E-state index in [2.05, 4.69) is 15.6 Å². The summed E-state index contributed by atoms with van der Waals surface area (Å²) in [5.74, 6) is 0.794. The smallest absolute Gasteiger partial charge is 0.341 e. The Morgan fingerprint density at radius 1 is 1.35 bits per heavy atom. The normalized spacial score (nSPS) is 16.6. The maximum Gasteiger partial charge on any atom is 0.341 e. The van der Waals surface area contributed by atoms with Crippen molar-refractivity contribution in [3.05, 3.63) is 29.3 Å². The van der Waals surface area contributed by atoms with Gasteiger partial charge in [0.1, 0.15) is 11.3 Å². The van der Waals surface area contributed by atoms with Crippen LogP contribution in [0.3, 0.4) is 0 Å². The zero-order valence-corrected chi connectivity index (χ0v) is 17.9. The van der Waals surface area contributed by atoms with Gasteiger partial charge >= 0.3 is 5.97 Å². The molecule has 0 radical (unpaired) electrons. The van der Waals surface area contributed by atoms with Crippen LogP contribution in [0.15, 0.2) is 23.2 Å². The first-order chi connectivity index (χ1) is 12.2. The highest BCUT2D eigenvalue weighted by Crippen LogP contribution is 2.21. The summed E-state index contributed by atoms with van der Waals surface area (Å²) < 4.78 is 15.6. The fourth-order valence-corrected chi connectivity index (χ4v) is 2.65. The molecular weight excluding hydrogens is 449 g/mol. The summed E-state index contributed by atoms with van der Waals surface area (Å²) in [5.41, 5.74) is 1.30. The molecule has 1 saturated heterocycles. The molecule has 2 N–H and O–H groups in total. The predicted molar refractivity (Wildman–Crippen MR) is 112 cm³/mol. The first kappa shape index (κ1) is 22.5. The second kappa shape index (κ2) is 11.9. The highest BCUT2D eigenvalue weighted by Gasteiger charge is 2.16. The third kappa shape index (κ3) is 6.64. The Morgan fingerprint density at radius 3 is 2.77 bits per heavy atom. The monoisotopic (exact) mass is 477 g/mol. The van der Waals surface area contributed by atoms with Gasteiger partial charge in [0.2, 0.25) is 0 Å². The van der Waals surface area contributed by atoms with E-state index in [1.807, 2.05) is 13.0 Å². The highest BCUT2D eigenvalue weighted by atomic mass is 127. The molecule has 1 atom stereocenters. The van der Waals surface area contributed by atoms with Crippen molar-refractivity contribution in [2.45, 2.75) is 32.4 Å². The minimum absolute atomic E-state index is 0. The molecule has 1 aliphatic rings. The van der Waals surface area contributed by atoms with E-state index in [0.717, 1.165) is 44.1 Å². The Hall–Kier alpha value is -1.55. The van der Waals surface area contributed by atoms with Gasteiger partial charge < -0.3 is 24.8 Å². The van der Waals surface area contributed by atoms with Crippen molar-refractivity contribution >= 4 is 35.9 Å². The predicted octanol–water partition coefficient (Wildman–Crippen LogP) is 2.33. The number of hydrogen-bond acceptors (Lipinski definition) is 5.